The van der Waals surface area contributed by atoms with Crippen molar-refractivity contribution in [2.75, 3.05) is 81.9 Å². The zero-order chi connectivity index (χ0) is 37.2. The van der Waals surface area contributed by atoms with Crippen LogP contribution in [0.4, 0.5) is 11.4 Å². The molecule has 1 unspecified atom stereocenters. The maximum absolute atomic E-state index is 13.8. The zero-order valence-corrected chi connectivity index (χ0v) is 32.8. The molecule has 2 saturated heterocycles. The number of hydrogen-bond acceptors (Lipinski definition) is 9. The Morgan fingerprint density at radius 2 is 1.51 bits per heavy atom. The van der Waals surface area contributed by atoms with Crippen LogP contribution < -0.4 is 25.5 Å². The van der Waals surface area contributed by atoms with Crippen LogP contribution in [0.1, 0.15) is 69.5 Å². The summed E-state index contributed by atoms with van der Waals surface area (Å²) in [5, 5.41) is 5.37. The number of anilines is 2. The van der Waals surface area contributed by atoms with E-state index < -0.39 is 19.6 Å². The van der Waals surface area contributed by atoms with Gasteiger partial charge in [-0.25, -0.2) is 4.79 Å². The quantitative estimate of drug-likeness (QED) is 0.0967. The van der Waals surface area contributed by atoms with Gasteiger partial charge in [-0.15, -0.1) is 11.6 Å². The molecule has 0 bridgehead atoms. The van der Waals surface area contributed by atoms with E-state index in [1.807, 2.05) is 6.07 Å². The van der Waals surface area contributed by atoms with Crippen LogP contribution in [0.2, 0.25) is 13.1 Å². The summed E-state index contributed by atoms with van der Waals surface area (Å²) in [6.07, 6.45) is 5.46. The largest absolute Gasteiger partial charge is 0.469 e. The van der Waals surface area contributed by atoms with Crippen LogP contribution in [0.3, 0.4) is 0 Å². The first-order valence-electron chi connectivity index (χ1n) is 18.9. The summed E-state index contributed by atoms with van der Waals surface area (Å²) < 4.78 is 22.9. The molecule has 0 aliphatic carbocycles. The molecule has 282 valence electrons. The third-order valence-electron chi connectivity index (χ3n) is 11.3. The van der Waals surface area contributed by atoms with E-state index >= 15 is 0 Å². The minimum atomic E-state index is -2.37. The summed E-state index contributed by atoms with van der Waals surface area (Å²) >= 11 is 5.73. The molecule has 0 radical (unpaired) electrons. The number of hydrogen-bond donors (Lipinski definition) is 1. The number of amides is 1. The van der Waals surface area contributed by atoms with Gasteiger partial charge in [-0.05, 0) is 72.1 Å². The van der Waals surface area contributed by atoms with Crippen LogP contribution in [-0.4, -0.2) is 98.1 Å². The van der Waals surface area contributed by atoms with Crippen molar-refractivity contribution in [1.82, 2.24) is 5.32 Å². The summed E-state index contributed by atoms with van der Waals surface area (Å²) in [5.41, 5.74) is 4.49. The number of unbranched alkanes of at least 4 members (excludes halogenated alkanes) is 3. The van der Waals surface area contributed by atoms with Gasteiger partial charge in [-0.1, -0.05) is 38.1 Å². The predicted octanol–water partition coefficient (Wildman–Crippen LogP) is 4.67. The first-order valence-corrected chi connectivity index (χ1v) is 22.5. The van der Waals surface area contributed by atoms with E-state index in [2.05, 4.69) is 64.6 Å². The van der Waals surface area contributed by atoms with Gasteiger partial charge in [0.2, 0.25) is 0 Å². The summed E-state index contributed by atoms with van der Waals surface area (Å²) in [4.78, 5) is 44.1. The van der Waals surface area contributed by atoms with Gasteiger partial charge in [0.1, 0.15) is 8.07 Å². The third kappa shape index (κ3) is 7.09. The molecule has 1 spiro atoms. The molecule has 3 aromatic carbocycles. The third-order valence-corrected chi connectivity index (χ3v) is 15.1. The van der Waals surface area contributed by atoms with Crippen LogP contribution in [-0.2, 0) is 29.3 Å². The van der Waals surface area contributed by atoms with Crippen LogP contribution in [0, 0.1) is 5.92 Å². The Bertz CT molecular complexity index is 1860. The Morgan fingerprint density at radius 3 is 2.15 bits per heavy atom. The number of carbonyl (C=O) groups is 3. The van der Waals surface area contributed by atoms with E-state index in [0.717, 1.165) is 55.6 Å². The molecule has 1 amide bonds. The highest BCUT2D eigenvalue weighted by atomic mass is 35.5. The number of carbonyl (C=O) groups excluding carboxylic acids is 3. The Hall–Kier alpha value is -3.90. The molecule has 4 heterocycles. The van der Waals surface area contributed by atoms with Crippen molar-refractivity contribution in [3.63, 3.8) is 0 Å². The maximum atomic E-state index is 13.8. The number of halogens is 1. The van der Waals surface area contributed by atoms with E-state index in [1.165, 1.54) is 29.6 Å². The average molecular weight is 760 g/mol. The van der Waals surface area contributed by atoms with E-state index in [1.54, 1.807) is 12.1 Å². The second kappa shape index (κ2) is 15.8. The van der Waals surface area contributed by atoms with Gasteiger partial charge in [0.25, 0.3) is 5.91 Å². The molecule has 53 heavy (non-hydrogen) atoms. The molecule has 4 aliphatic rings. The molecule has 3 aromatic rings. The molecule has 12 heteroatoms. The molecule has 4 aliphatic heterocycles. The fourth-order valence-corrected chi connectivity index (χ4v) is 11.5. The van der Waals surface area contributed by atoms with Gasteiger partial charge < -0.3 is 34.1 Å². The molecular weight excluding hydrogens is 710 g/mol. The summed E-state index contributed by atoms with van der Waals surface area (Å²) in [5.74, 6) is -0.279. The van der Waals surface area contributed by atoms with Crippen molar-refractivity contribution in [1.29, 1.82) is 0 Å². The minimum Gasteiger partial charge on any atom is -0.469 e. The Morgan fingerprint density at radius 1 is 0.849 bits per heavy atom. The second-order valence-corrected chi connectivity index (χ2v) is 19.7. The van der Waals surface area contributed by atoms with E-state index in [4.69, 9.17) is 30.5 Å². The zero-order valence-electron chi connectivity index (χ0n) is 31.0. The lowest BCUT2D eigenvalue weighted by Crippen LogP contribution is -2.63. The van der Waals surface area contributed by atoms with Gasteiger partial charge in [-0.2, -0.15) is 0 Å². The highest BCUT2D eigenvalue weighted by molar-refractivity contribution is 7.01. The van der Waals surface area contributed by atoms with Crippen LogP contribution >= 0.6 is 11.6 Å². The number of nitrogens with one attached hydrogen (secondary N) is 1. The first kappa shape index (κ1) is 37.4. The van der Waals surface area contributed by atoms with Crippen LogP contribution in [0.15, 0.2) is 54.6 Å². The van der Waals surface area contributed by atoms with Gasteiger partial charge >= 0.3 is 11.9 Å². The number of esters is 2. The molecule has 1 N–H and O–H groups in total. The monoisotopic (exact) mass is 759 g/mol. The van der Waals surface area contributed by atoms with Crippen molar-refractivity contribution in [3.05, 3.63) is 82.4 Å². The Balaban J connectivity index is 1.13. The van der Waals surface area contributed by atoms with Crippen molar-refractivity contribution in [2.45, 2.75) is 50.8 Å². The number of alkyl halides is 1. The lowest BCUT2D eigenvalue weighted by molar-refractivity contribution is -0.146. The van der Waals surface area contributed by atoms with Crippen molar-refractivity contribution < 1.29 is 33.3 Å². The number of ether oxygens (including phenoxy) is 4. The molecule has 10 nitrogen and oxygen atoms in total. The molecular formula is C41H50ClN3O7Si. The van der Waals surface area contributed by atoms with Crippen LogP contribution in [0.25, 0.3) is 0 Å². The number of nitrogens with zero attached hydrogens (tertiary/aromatic N) is 2. The maximum Gasteiger partial charge on any atom is 0.340 e. The van der Waals surface area contributed by atoms with E-state index in [0.29, 0.717) is 68.6 Å². The van der Waals surface area contributed by atoms with Crippen molar-refractivity contribution >= 4 is 59.3 Å². The fraction of sp³-hybridized carbons (Fsp3) is 0.488. The topological polar surface area (TPSA) is 107 Å². The number of methoxy groups -OCH3 is 1. The molecule has 7 rings (SSSR count). The smallest absolute Gasteiger partial charge is 0.340 e. The molecule has 2 fully saturated rings. The standard InChI is InChI=1S/C41H50ClN3O7Si/c1-49-39(47)29-26-45(27-29)31-11-14-34-37(25-31)53(2,3)36-24-30(44-17-8-18-44)10-13-33(36)41(34)35-23-28(9-12-32(35)40(48)52-41)38(46)43-16-20-51-22-21-50-19-7-5-4-6-15-42/h9-14,23-25,29H,4-8,15-22,26-27H2,1-3H3,(H,43,46). The van der Waals surface area contributed by atoms with E-state index in [9.17, 15) is 14.4 Å². The normalized spacial score (nSPS) is 19.5. The Kier molecular flexibility index (Phi) is 11.2. The number of benzene rings is 3. The predicted molar refractivity (Wildman–Crippen MR) is 209 cm³/mol. The Labute approximate surface area is 318 Å². The fourth-order valence-electron chi connectivity index (χ4n) is 8.09. The highest BCUT2D eigenvalue weighted by Gasteiger charge is 2.56. The molecule has 0 saturated carbocycles. The SMILES string of the molecule is COC(=O)C1CN(c2ccc3c(c2)[Si](C)(C)c2cc(N4CCC4)ccc2C32OC(=O)c3ccc(C(=O)NCCOCCOCCCCCCCl)cc32)C1. The molecule has 1 atom stereocenters. The minimum absolute atomic E-state index is 0.146. The van der Waals surface area contributed by atoms with Gasteiger partial charge in [0.15, 0.2) is 5.60 Å². The van der Waals surface area contributed by atoms with E-state index in [-0.39, 0.29) is 17.8 Å². The lowest BCUT2D eigenvalue weighted by Gasteiger charge is -2.46. The first-order chi connectivity index (χ1) is 25.7. The van der Waals surface area contributed by atoms with Gasteiger partial charge in [-0.3, -0.25) is 9.59 Å². The van der Waals surface area contributed by atoms with Crippen LogP contribution in [0.5, 0.6) is 0 Å². The number of fused-ring (bicyclic) bond motifs is 6. The van der Waals surface area contributed by atoms with Crippen molar-refractivity contribution in [3.8, 4) is 0 Å². The molecule has 0 aromatic heterocycles. The second-order valence-electron chi connectivity index (χ2n) is 15.0. The van der Waals surface area contributed by atoms with Gasteiger partial charge in [0, 0.05) is 78.8 Å². The van der Waals surface area contributed by atoms with Crippen molar-refractivity contribution in [2.24, 2.45) is 5.92 Å². The lowest BCUT2D eigenvalue weighted by atomic mass is 9.78. The number of rotatable bonds is 16. The van der Waals surface area contributed by atoms with Gasteiger partial charge in [0.05, 0.1) is 38.4 Å². The highest BCUT2D eigenvalue weighted by Crippen LogP contribution is 2.50. The summed E-state index contributed by atoms with van der Waals surface area (Å²) in [6.45, 7) is 10.3. The summed E-state index contributed by atoms with van der Waals surface area (Å²) in [6, 6.07) is 18.2. The summed E-state index contributed by atoms with van der Waals surface area (Å²) in [7, 11) is -0.937. The average Bonchev–Trinajstić information content (AvgIpc) is 3.41.